The normalized spacial score (nSPS) is 13.6. The summed E-state index contributed by atoms with van der Waals surface area (Å²) in [7, 11) is 0. The highest BCUT2D eigenvalue weighted by Crippen LogP contribution is 2.24. The summed E-state index contributed by atoms with van der Waals surface area (Å²) in [6.45, 7) is 4.44. The van der Waals surface area contributed by atoms with Crippen molar-refractivity contribution in [2.45, 2.75) is 17.7 Å². The largest absolute Gasteiger partial charge is 0.366 e. The number of piperazine rings is 1. The fraction of sp³-hybridized carbons (Fsp3) is 0.207. The maximum atomic E-state index is 14.1. The minimum Gasteiger partial charge on any atom is -0.366 e. The van der Waals surface area contributed by atoms with Gasteiger partial charge in [0.1, 0.15) is 10.8 Å². The van der Waals surface area contributed by atoms with Crippen molar-refractivity contribution in [2.75, 3.05) is 31.1 Å². The molecular formula is C29H27FN4OS. The molecule has 5 rings (SSSR count). The number of carbonyl (C=O) groups is 1. The molecule has 0 aliphatic carbocycles. The molecule has 1 saturated heterocycles. The van der Waals surface area contributed by atoms with Crippen LogP contribution in [0.15, 0.2) is 90.0 Å². The van der Waals surface area contributed by atoms with Crippen LogP contribution in [0.1, 0.15) is 21.5 Å². The molecule has 1 amide bonds. The lowest BCUT2D eigenvalue weighted by molar-refractivity contribution is 0.0746. The number of thioether (sulfide) groups is 1. The van der Waals surface area contributed by atoms with Gasteiger partial charge in [-0.15, -0.1) is 10.2 Å². The molecule has 5 nitrogen and oxygen atoms in total. The average molecular weight is 499 g/mol. The summed E-state index contributed by atoms with van der Waals surface area (Å²) in [5, 5.41) is 9.58. The summed E-state index contributed by atoms with van der Waals surface area (Å²) in [6.07, 6.45) is 0. The predicted molar refractivity (Wildman–Crippen MR) is 143 cm³/mol. The summed E-state index contributed by atoms with van der Waals surface area (Å²) >= 11 is 1.62. The van der Waals surface area contributed by atoms with Gasteiger partial charge in [0.05, 0.1) is 11.4 Å². The third-order valence-corrected chi connectivity index (χ3v) is 7.33. The van der Waals surface area contributed by atoms with E-state index in [1.165, 1.54) is 11.6 Å². The van der Waals surface area contributed by atoms with Crippen molar-refractivity contribution in [1.82, 2.24) is 15.1 Å². The molecule has 7 heteroatoms. The number of anilines is 1. The third-order valence-electron chi connectivity index (χ3n) is 6.34. The van der Waals surface area contributed by atoms with E-state index in [-0.39, 0.29) is 11.7 Å². The van der Waals surface area contributed by atoms with E-state index in [2.05, 4.69) is 41.4 Å². The highest BCUT2D eigenvalue weighted by atomic mass is 32.2. The molecule has 0 spiro atoms. The highest BCUT2D eigenvalue weighted by molar-refractivity contribution is 7.98. The van der Waals surface area contributed by atoms with Crippen LogP contribution in [0.4, 0.5) is 10.1 Å². The van der Waals surface area contributed by atoms with Gasteiger partial charge in [0.25, 0.3) is 5.91 Å². The molecule has 1 aromatic heterocycles. The number of carbonyl (C=O) groups excluding carboxylic acids is 1. The Hall–Kier alpha value is -3.71. The summed E-state index contributed by atoms with van der Waals surface area (Å²) in [4.78, 5) is 16.8. The molecule has 0 unspecified atom stereocenters. The van der Waals surface area contributed by atoms with Gasteiger partial charge in [-0.2, -0.15) is 0 Å². The van der Waals surface area contributed by atoms with Crippen LogP contribution in [-0.4, -0.2) is 47.2 Å². The van der Waals surface area contributed by atoms with Crippen molar-refractivity contribution in [2.24, 2.45) is 0 Å². The van der Waals surface area contributed by atoms with Crippen LogP contribution in [0, 0.1) is 12.7 Å². The van der Waals surface area contributed by atoms with Crippen LogP contribution >= 0.6 is 11.8 Å². The Labute approximate surface area is 215 Å². The molecule has 3 aromatic carbocycles. The zero-order valence-electron chi connectivity index (χ0n) is 20.1. The van der Waals surface area contributed by atoms with Gasteiger partial charge >= 0.3 is 0 Å². The van der Waals surface area contributed by atoms with Gasteiger partial charge in [0.2, 0.25) is 0 Å². The molecule has 182 valence electrons. The summed E-state index contributed by atoms with van der Waals surface area (Å²) in [6, 6.07) is 26.8. The van der Waals surface area contributed by atoms with Crippen molar-refractivity contribution in [3.05, 3.63) is 107 Å². The Bertz CT molecular complexity index is 1320. The van der Waals surface area contributed by atoms with E-state index >= 15 is 0 Å². The first kappa shape index (κ1) is 24.0. The minimum atomic E-state index is -0.223. The van der Waals surface area contributed by atoms with Gasteiger partial charge < -0.3 is 9.80 Å². The molecule has 0 saturated carbocycles. The second-order valence-corrected chi connectivity index (χ2v) is 9.83. The summed E-state index contributed by atoms with van der Waals surface area (Å²) in [5.74, 6) is 0.535. The van der Waals surface area contributed by atoms with E-state index in [1.54, 1.807) is 23.9 Å². The van der Waals surface area contributed by atoms with Crippen LogP contribution < -0.4 is 4.90 Å². The number of benzene rings is 3. The summed E-state index contributed by atoms with van der Waals surface area (Å²) in [5.41, 5.74) is 5.51. The number of amides is 1. The molecule has 2 heterocycles. The standard InChI is InChI=1S/C29H27FN4OS/c1-21-6-10-23(11-7-21)26-14-15-28(32-31-26)36-20-22-8-12-24(13-9-22)29(35)34-18-16-33(17-19-34)27-5-3-2-4-25(27)30/h2-15H,16-20H2,1H3. The van der Waals surface area contributed by atoms with Gasteiger partial charge in [0.15, 0.2) is 0 Å². The Morgan fingerprint density at radius 2 is 1.58 bits per heavy atom. The topological polar surface area (TPSA) is 49.3 Å². The molecule has 36 heavy (non-hydrogen) atoms. The Balaban J connectivity index is 1.13. The van der Waals surface area contributed by atoms with Crippen molar-refractivity contribution in [1.29, 1.82) is 0 Å². The quantitative estimate of drug-likeness (QED) is 0.312. The van der Waals surface area contributed by atoms with Crippen LogP contribution in [0.5, 0.6) is 0 Å². The SMILES string of the molecule is Cc1ccc(-c2ccc(SCc3ccc(C(=O)N4CCN(c5ccccc5F)CC4)cc3)nn2)cc1. The lowest BCUT2D eigenvalue weighted by Crippen LogP contribution is -2.49. The highest BCUT2D eigenvalue weighted by Gasteiger charge is 2.23. The average Bonchev–Trinajstić information content (AvgIpc) is 2.93. The van der Waals surface area contributed by atoms with Gasteiger partial charge in [-0.05, 0) is 48.9 Å². The first-order valence-corrected chi connectivity index (χ1v) is 13.0. The molecule has 1 aliphatic rings. The number of para-hydroxylation sites is 1. The van der Waals surface area contributed by atoms with E-state index in [0.29, 0.717) is 37.4 Å². The maximum absolute atomic E-state index is 14.1. The van der Waals surface area contributed by atoms with Crippen molar-refractivity contribution in [3.8, 4) is 11.3 Å². The van der Waals surface area contributed by atoms with Crippen LogP contribution in [0.3, 0.4) is 0 Å². The molecule has 1 fully saturated rings. The van der Waals surface area contributed by atoms with Gasteiger partial charge in [0, 0.05) is 43.1 Å². The number of hydrogen-bond acceptors (Lipinski definition) is 5. The first-order chi connectivity index (χ1) is 17.6. The smallest absolute Gasteiger partial charge is 0.253 e. The zero-order valence-corrected chi connectivity index (χ0v) is 20.9. The van der Waals surface area contributed by atoms with Gasteiger partial charge in [-0.3, -0.25) is 4.79 Å². The van der Waals surface area contributed by atoms with E-state index in [0.717, 1.165) is 27.6 Å². The van der Waals surface area contributed by atoms with Crippen molar-refractivity contribution in [3.63, 3.8) is 0 Å². The summed E-state index contributed by atoms with van der Waals surface area (Å²) < 4.78 is 14.1. The van der Waals surface area contributed by atoms with Crippen LogP contribution in [-0.2, 0) is 5.75 Å². The molecule has 0 radical (unpaired) electrons. The number of halogens is 1. The number of aryl methyl sites for hydroxylation is 1. The molecule has 0 atom stereocenters. The lowest BCUT2D eigenvalue weighted by atomic mass is 10.1. The third kappa shape index (κ3) is 5.57. The number of nitrogens with zero attached hydrogens (tertiary/aromatic N) is 4. The van der Waals surface area contributed by atoms with E-state index in [1.807, 2.05) is 52.3 Å². The fourth-order valence-electron chi connectivity index (χ4n) is 4.22. The van der Waals surface area contributed by atoms with Gasteiger partial charge in [-0.25, -0.2) is 4.39 Å². The molecule has 4 aromatic rings. The molecular weight excluding hydrogens is 471 g/mol. The van der Waals surface area contributed by atoms with E-state index < -0.39 is 0 Å². The van der Waals surface area contributed by atoms with Gasteiger partial charge in [-0.1, -0.05) is 65.9 Å². The van der Waals surface area contributed by atoms with Crippen molar-refractivity contribution < 1.29 is 9.18 Å². The first-order valence-electron chi connectivity index (χ1n) is 12.0. The van der Waals surface area contributed by atoms with Crippen LogP contribution in [0.2, 0.25) is 0 Å². The second-order valence-electron chi connectivity index (χ2n) is 8.84. The van der Waals surface area contributed by atoms with E-state index in [9.17, 15) is 9.18 Å². The fourth-order valence-corrected chi connectivity index (χ4v) is 4.99. The molecule has 1 aliphatic heterocycles. The van der Waals surface area contributed by atoms with Crippen LogP contribution in [0.25, 0.3) is 11.3 Å². The second kappa shape index (κ2) is 10.9. The number of aromatic nitrogens is 2. The lowest BCUT2D eigenvalue weighted by Gasteiger charge is -2.36. The molecule has 0 bridgehead atoms. The van der Waals surface area contributed by atoms with Crippen molar-refractivity contribution >= 4 is 23.4 Å². The monoisotopic (exact) mass is 498 g/mol. The number of hydrogen-bond donors (Lipinski definition) is 0. The Morgan fingerprint density at radius 3 is 2.25 bits per heavy atom. The van der Waals surface area contributed by atoms with E-state index in [4.69, 9.17) is 0 Å². The Morgan fingerprint density at radius 1 is 0.861 bits per heavy atom. The Kier molecular flexibility index (Phi) is 7.28. The maximum Gasteiger partial charge on any atom is 0.253 e. The number of rotatable bonds is 6. The molecule has 0 N–H and O–H groups in total. The predicted octanol–water partition coefficient (Wildman–Crippen LogP) is 5.85. The zero-order chi connectivity index (χ0) is 24.9. The minimum absolute atomic E-state index is 0.0138.